The smallest absolute Gasteiger partial charge is 0.416 e. The highest BCUT2D eigenvalue weighted by Crippen LogP contribution is 2.39. The molecule has 1 aromatic carbocycles. The number of alkyl halides is 3. The van der Waals surface area contributed by atoms with E-state index in [9.17, 15) is 22.8 Å². The van der Waals surface area contributed by atoms with Crippen LogP contribution in [-0.2, 0) is 20.5 Å². The molecule has 0 spiro atoms. The number of nitrogens with one attached hydrogen (secondary N) is 1. The first-order chi connectivity index (χ1) is 12.8. The van der Waals surface area contributed by atoms with Crippen LogP contribution in [0.3, 0.4) is 0 Å². The molecule has 2 atom stereocenters. The second-order valence-corrected chi connectivity index (χ2v) is 7.25. The van der Waals surface area contributed by atoms with Gasteiger partial charge in [0.2, 0.25) is 0 Å². The van der Waals surface area contributed by atoms with Gasteiger partial charge in [-0.05, 0) is 49.8 Å². The van der Waals surface area contributed by atoms with Crippen LogP contribution in [0.25, 0.3) is 0 Å². The maximum Gasteiger partial charge on any atom is 0.416 e. The number of rotatable bonds is 5. The maximum absolute atomic E-state index is 13.1. The molecule has 148 valence electrons. The molecule has 27 heavy (non-hydrogen) atoms. The topological polar surface area (TPSA) is 58.6 Å². The van der Waals surface area contributed by atoms with Crippen molar-refractivity contribution in [2.75, 3.05) is 29.9 Å². The second kappa shape index (κ2) is 7.78. The lowest BCUT2D eigenvalue weighted by Gasteiger charge is -2.31. The Kier molecular flexibility index (Phi) is 5.62. The normalized spacial score (nSPS) is 22.3. The number of esters is 1. The summed E-state index contributed by atoms with van der Waals surface area (Å²) in [6.45, 7) is 2.86. The van der Waals surface area contributed by atoms with Gasteiger partial charge in [0, 0.05) is 13.1 Å². The number of halogens is 3. The molecule has 0 bridgehead atoms. The molecular formula is C19H23F3N2O3. The van der Waals surface area contributed by atoms with E-state index in [4.69, 9.17) is 4.74 Å². The molecule has 1 N–H and O–H groups in total. The highest BCUT2D eigenvalue weighted by molar-refractivity contribution is 5.96. The van der Waals surface area contributed by atoms with E-state index in [1.54, 1.807) is 0 Å². The number of ether oxygens (including phenoxy) is 1. The number of hydrogen-bond acceptors (Lipinski definition) is 4. The quantitative estimate of drug-likeness (QED) is 0.784. The van der Waals surface area contributed by atoms with Gasteiger partial charge in [0.1, 0.15) is 0 Å². The van der Waals surface area contributed by atoms with E-state index >= 15 is 0 Å². The van der Waals surface area contributed by atoms with Crippen LogP contribution >= 0.6 is 0 Å². The molecule has 1 aliphatic carbocycles. The largest absolute Gasteiger partial charge is 0.455 e. The fourth-order valence-electron chi connectivity index (χ4n) is 3.30. The molecule has 2 aliphatic rings. The van der Waals surface area contributed by atoms with Gasteiger partial charge in [-0.15, -0.1) is 0 Å². The van der Waals surface area contributed by atoms with Gasteiger partial charge >= 0.3 is 12.1 Å². The van der Waals surface area contributed by atoms with Crippen LogP contribution in [0.2, 0.25) is 0 Å². The summed E-state index contributed by atoms with van der Waals surface area (Å²) in [6.07, 6.45) is -0.784. The Labute approximate surface area is 155 Å². The summed E-state index contributed by atoms with van der Waals surface area (Å²) in [5.74, 6) is -0.989. The van der Waals surface area contributed by atoms with Crippen molar-refractivity contribution in [1.29, 1.82) is 0 Å². The van der Waals surface area contributed by atoms with E-state index in [2.05, 4.69) is 5.32 Å². The van der Waals surface area contributed by atoms with E-state index in [1.165, 1.54) is 6.07 Å². The average Bonchev–Trinajstić information content (AvgIpc) is 3.36. The van der Waals surface area contributed by atoms with E-state index < -0.39 is 30.2 Å². The zero-order valence-corrected chi connectivity index (χ0v) is 15.1. The highest BCUT2D eigenvalue weighted by atomic mass is 19.4. The zero-order valence-electron chi connectivity index (χ0n) is 15.1. The van der Waals surface area contributed by atoms with Gasteiger partial charge < -0.3 is 15.0 Å². The Hall–Kier alpha value is -2.25. The van der Waals surface area contributed by atoms with Crippen LogP contribution in [0.1, 0.15) is 38.2 Å². The van der Waals surface area contributed by atoms with Gasteiger partial charge in [0.05, 0.1) is 22.9 Å². The summed E-state index contributed by atoms with van der Waals surface area (Å²) in [6, 6.07) is 3.35. The Balaban J connectivity index is 1.72. The number of carbonyl (C=O) groups is 2. The van der Waals surface area contributed by atoms with Crippen LogP contribution in [0.5, 0.6) is 0 Å². The van der Waals surface area contributed by atoms with E-state index in [0.29, 0.717) is 5.69 Å². The standard InChI is InChI=1S/C19H23F3N2O3/c1-12-9-14(12)18(26)27-11-17(25)23-15-10-13(19(20,21)22)5-6-16(15)24-7-3-2-4-8-24/h5-6,10,12,14H,2-4,7-9,11H2,1H3,(H,23,25)/t12-,14-/m0/s1. The molecule has 0 aromatic heterocycles. The first-order valence-electron chi connectivity index (χ1n) is 9.18. The molecule has 5 nitrogen and oxygen atoms in total. The van der Waals surface area contributed by atoms with Gasteiger partial charge in [-0.3, -0.25) is 9.59 Å². The van der Waals surface area contributed by atoms with Crippen molar-refractivity contribution in [2.45, 2.75) is 38.8 Å². The average molecular weight is 384 g/mol. The Morgan fingerprint density at radius 2 is 1.89 bits per heavy atom. The van der Waals surface area contributed by atoms with E-state index in [0.717, 1.165) is 50.9 Å². The van der Waals surface area contributed by atoms with Crippen LogP contribution in [-0.4, -0.2) is 31.6 Å². The molecule has 2 fully saturated rings. The number of anilines is 2. The highest BCUT2D eigenvalue weighted by Gasteiger charge is 2.40. The fraction of sp³-hybridized carbons (Fsp3) is 0.579. The number of carbonyl (C=O) groups excluding carboxylic acids is 2. The molecule has 1 amide bonds. The lowest BCUT2D eigenvalue weighted by atomic mass is 10.1. The molecule has 0 radical (unpaired) electrons. The third kappa shape index (κ3) is 4.93. The lowest BCUT2D eigenvalue weighted by Crippen LogP contribution is -2.31. The SMILES string of the molecule is C[C@H]1C[C@@H]1C(=O)OCC(=O)Nc1cc(C(F)(F)F)ccc1N1CCCCC1. The minimum absolute atomic E-state index is 0.0903. The number of nitrogens with zero attached hydrogens (tertiary/aromatic N) is 1. The molecule has 3 rings (SSSR count). The number of hydrogen-bond donors (Lipinski definition) is 1. The van der Waals surface area contributed by atoms with Gasteiger partial charge in [0.15, 0.2) is 6.61 Å². The zero-order chi connectivity index (χ0) is 19.6. The molecule has 1 aliphatic heterocycles. The predicted octanol–water partition coefficient (Wildman–Crippen LogP) is 3.83. The van der Waals surface area contributed by atoms with Gasteiger partial charge in [-0.1, -0.05) is 6.92 Å². The van der Waals surface area contributed by atoms with Gasteiger partial charge in [-0.2, -0.15) is 13.2 Å². The monoisotopic (exact) mass is 384 g/mol. The Bertz CT molecular complexity index is 715. The summed E-state index contributed by atoms with van der Waals surface area (Å²) in [7, 11) is 0. The minimum Gasteiger partial charge on any atom is -0.455 e. The molecule has 0 unspecified atom stereocenters. The molecule has 8 heteroatoms. The molecule has 1 saturated carbocycles. The second-order valence-electron chi connectivity index (χ2n) is 7.25. The Morgan fingerprint density at radius 1 is 1.22 bits per heavy atom. The van der Waals surface area contributed by atoms with E-state index in [1.807, 2.05) is 11.8 Å². The van der Waals surface area contributed by atoms with Crippen LogP contribution in [0.15, 0.2) is 18.2 Å². The lowest BCUT2D eigenvalue weighted by molar-refractivity contribution is -0.148. The van der Waals surface area contributed by atoms with Crippen molar-refractivity contribution in [2.24, 2.45) is 11.8 Å². The third-order valence-electron chi connectivity index (χ3n) is 5.05. The molecule has 1 aromatic rings. The van der Waals surface area contributed by atoms with E-state index in [-0.39, 0.29) is 17.5 Å². The van der Waals surface area contributed by atoms with Crippen molar-refractivity contribution in [3.63, 3.8) is 0 Å². The van der Waals surface area contributed by atoms with Gasteiger partial charge in [-0.25, -0.2) is 0 Å². The fourth-order valence-corrected chi connectivity index (χ4v) is 3.30. The van der Waals surface area contributed by atoms with Crippen LogP contribution in [0, 0.1) is 11.8 Å². The number of amides is 1. The van der Waals surface area contributed by atoms with Gasteiger partial charge in [0.25, 0.3) is 5.91 Å². The number of benzene rings is 1. The van der Waals surface area contributed by atoms with Crippen molar-refractivity contribution in [1.82, 2.24) is 0 Å². The molecular weight excluding hydrogens is 361 g/mol. The van der Waals surface area contributed by atoms with Crippen molar-refractivity contribution < 1.29 is 27.5 Å². The van der Waals surface area contributed by atoms with Crippen LogP contribution in [0.4, 0.5) is 24.5 Å². The predicted molar refractivity (Wildman–Crippen MR) is 94.4 cm³/mol. The first kappa shape index (κ1) is 19.5. The molecule has 1 heterocycles. The summed E-state index contributed by atoms with van der Waals surface area (Å²) >= 11 is 0. The summed E-state index contributed by atoms with van der Waals surface area (Å²) in [5.41, 5.74) is -0.187. The van der Waals surface area contributed by atoms with Crippen LogP contribution < -0.4 is 10.2 Å². The first-order valence-corrected chi connectivity index (χ1v) is 9.18. The summed E-state index contributed by atoms with van der Waals surface area (Å²) in [4.78, 5) is 25.8. The Morgan fingerprint density at radius 3 is 2.48 bits per heavy atom. The maximum atomic E-state index is 13.1. The minimum atomic E-state index is -4.51. The van der Waals surface area contributed by atoms with Crippen molar-refractivity contribution in [3.05, 3.63) is 23.8 Å². The summed E-state index contributed by atoms with van der Waals surface area (Å²) in [5, 5.41) is 2.49. The van der Waals surface area contributed by atoms with Crippen molar-refractivity contribution >= 4 is 23.3 Å². The summed E-state index contributed by atoms with van der Waals surface area (Å²) < 4.78 is 44.2. The third-order valence-corrected chi connectivity index (χ3v) is 5.05. The molecule has 1 saturated heterocycles. The van der Waals surface area contributed by atoms with Crippen molar-refractivity contribution in [3.8, 4) is 0 Å². The number of piperidine rings is 1.